The van der Waals surface area contributed by atoms with Crippen molar-refractivity contribution in [2.75, 3.05) is 13.2 Å². The van der Waals surface area contributed by atoms with Crippen LogP contribution in [0.5, 0.6) is 5.75 Å². The lowest BCUT2D eigenvalue weighted by Gasteiger charge is -2.28. The molecule has 2 aliphatic rings. The van der Waals surface area contributed by atoms with Crippen molar-refractivity contribution in [3.8, 4) is 5.75 Å². The van der Waals surface area contributed by atoms with Crippen molar-refractivity contribution in [1.82, 2.24) is 0 Å². The van der Waals surface area contributed by atoms with E-state index in [-0.39, 0.29) is 23.2 Å². The summed E-state index contributed by atoms with van der Waals surface area (Å²) in [7, 11) is 0. The van der Waals surface area contributed by atoms with Gasteiger partial charge in [0.05, 0.1) is 19.3 Å². The highest BCUT2D eigenvalue weighted by Gasteiger charge is 2.24. The second-order valence-corrected chi connectivity index (χ2v) is 8.60. The molecular weight excluding hydrogens is 425 g/mol. The van der Waals surface area contributed by atoms with Crippen LogP contribution in [0.15, 0.2) is 55.1 Å². The molecule has 1 saturated heterocycles. The summed E-state index contributed by atoms with van der Waals surface area (Å²) in [5.41, 5.74) is 3.28. The molecule has 0 amide bonds. The van der Waals surface area contributed by atoms with Crippen molar-refractivity contribution in [2.45, 2.75) is 45.1 Å². The zero-order valence-electron chi connectivity index (χ0n) is 18.9. The fourth-order valence-electron chi connectivity index (χ4n) is 4.40. The van der Waals surface area contributed by atoms with Crippen LogP contribution in [0.1, 0.15) is 61.8 Å². The van der Waals surface area contributed by atoms with Crippen LogP contribution in [-0.2, 0) is 4.74 Å². The van der Waals surface area contributed by atoms with Crippen molar-refractivity contribution in [3.63, 3.8) is 0 Å². The molecule has 0 bridgehead atoms. The zero-order valence-corrected chi connectivity index (χ0v) is 18.9. The van der Waals surface area contributed by atoms with Crippen LogP contribution in [0, 0.1) is 23.4 Å². The average molecular weight is 455 g/mol. The van der Waals surface area contributed by atoms with Gasteiger partial charge in [-0.25, -0.2) is 8.78 Å². The van der Waals surface area contributed by atoms with E-state index in [0.717, 1.165) is 24.0 Å². The molecule has 1 aliphatic carbocycles. The first-order valence-corrected chi connectivity index (χ1v) is 11.6. The van der Waals surface area contributed by atoms with Gasteiger partial charge in [-0.1, -0.05) is 37.3 Å². The van der Waals surface area contributed by atoms with E-state index in [9.17, 15) is 13.2 Å². The van der Waals surface area contributed by atoms with Crippen molar-refractivity contribution >= 4 is 11.1 Å². The van der Waals surface area contributed by atoms with E-state index in [0.29, 0.717) is 49.5 Å². The Morgan fingerprint density at radius 2 is 1.82 bits per heavy atom. The molecule has 1 fully saturated rings. The molecule has 33 heavy (non-hydrogen) atoms. The number of benzene rings is 2. The number of halogens is 3. The van der Waals surface area contributed by atoms with E-state index in [1.54, 1.807) is 24.3 Å². The summed E-state index contributed by atoms with van der Waals surface area (Å²) >= 11 is 0. The molecule has 0 saturated carbocycles. The van der Waals surface area contributed by atoms with Crippen LogP contribution in [0.3, 0.4) is 0 Å². The summed E-state index contributed by atoms with van der Waals surface area (Å²) in [4.78, 5) is 0. The molecule has 2 atom stereocenters. The Balaban J connectivity index is 1.50. The molecule has 1 aliphatic heterocycles. The summed E-state index contributed by atoms with van der Waals surface area (Å²) in [6.07, 6.45) is 8.88. The topological polar surface area (TPSA) is 18.5 Å². The second-order valence-electron chi connectivity index (χ2n) is 8.60. The molecular formula is C28H29F3O2. The highest BCUT2D eigenvalue weighted by atomic mass is 19.2. The molecule has 5 heteroatoms. The molecule has 4 rings (SSSR count). The lowest BCUT2D eigenvalue weighted by Crippen LogP contribution is -2.20. The van der Waals surface area contributed by atoms with Crippen molar-refractivity contribution < 1.29 is 22.6 Å². The van der Waals surface area contributed by atoms with Gasteiger partial charge in [0.2, 0.25) is 5.82 Å². The predicted molar refractivity (Wildman–Crippen MR) is 125 cm³/mol. The van der Waals surface area contributed by atoms with Gasteiger partial charge in [-0.3, -0.25) is 0 Å². The zero-order chi connectivity index (χ0) is 23.4. The third kappa shape index (κ3) is 5.09. The standard InChI is InChI=1S/C28H29F3O2/c1-3-15-32-26-14-12-22(27(30)28(26)31)20-8-6-19(7-9-20)21-10-11-23(24(29)16-21)25-13-5-18(4-2)17-33-25/h4,6,8,10-12,14,16,18,25H,2-3,5,7,9,13,15,17H2,1H3. The SMILES string of the molecule is C=CC1CCC(c2ccc(C3=CC=C(c4ccc(OCCC)c(F)c4F)CC3)cc2F)OC1. The molecule has 2 aromatic rings. The van der Waals surface area contributed by atoms with Gasteiger partial charge in [0, 0.05) is 17.0 Å². The Bertz CT molecular complexity index is 1080. The maximum atomic E-state index is 14.9. The molecule has 2 nitrogen and oxygen atoms in total. The Hall–Kier alpha value is -2.79. The third-order valence-corrected chi connectivity index (χ3v) is 6.37. The summed E-state index contributed by atoms with van der Waals surface area (Å²) < 4.78 is 55.0. The fourth-order valence-corrected chi connectivity index (χ4v) is 4.40. The summed E-state index contributed by atoms with van der Waals surface area (Å²) in [6.45, 7) is 6.61. The van der Waals surface area contributed by atoms with E-state index < -0.39 is 11.6 Å². The first-order valence-electron chi connectivity index (χ1n) is 11.6. The monoisotopic (exact) mass is 454 g/mol. The maximum Gasteiger partial charge on any atom is 0.201 e. The second kappa shape index (κ2) is 10.4. The van der Waals surface area contributed by atoms with Crippen molar-refractivity contribution in [3.05, 3.63) is 89.3 Å². The number of allylic oxidation sites excluding steroid dienone is 4. The van der Waals surface area contributed by atoms with E-state index in [4.69, 9.17) is 9.47 Å². The molecule has 174 valence electrons. The van der Waals surface area contributed by atoms with Crippen LogP contribution in [0.25, 0.3) is 11.1 Å². The van der Waals surface area contributed by atoms with Gasteiger partial charge >= 0.3 is 0 Å². The van der Waals surface area contributed by atoms with Gasteiger partial charge in [0.1, 0.15) is 5.82 Å². The molecule has 0 spiro atoms. The summed E-state index contributed by atoms with van der Waals surface area (Å²) in [5.74, 6) is -1.87. The third-order valence-electron chi connectivity index (χ3n) is 6.37. The van der Waals surface area contributed by atoms with Crippen molar-refractivity contribution in [1.29, 1.82) is 0 Å². The molecule has 0 radical (unpaired) electrons. The Labute approximate surface area is 193 Å². The molecule has 0 aromatic heterocycles. The van der Waals surface area contributed by atoms with Crippen LogP contribution in [0.4, 0.5) is 13.2 Å². The quantitative estimate of drug-likeness (QED) is 0.397. The van der Waals surface area contributed by atoms with Crippen LogP contribution < -0.4 is 4.74 Å². The molecule has 1 heterocycles. The Morgan fingerprint density at radius 3 is 2.45 bits per heavy atom. The fraction of sp³-hybridized carbons (Fsp3) is 0.357. The highest BCUT2D eigenvalue weighted by molar-refractivity contribution is 5.78. The number of ether oxygens (including phenoxy) is 2. The van der Waals surface area contributed by atoms with Crippen LogP contribution in [-0.4, -0.2) is 13.2 Å². The predicted octanol–water partition coefficient (Wildman–Crippen LogP) is 7.81. The Morgan fingerprint density at radius 1 is 1.03 bits per heavy atom. The smallest absolute Gasteiger partial charge is 0.201 e. The molecule has 2 aromatic carbocycles. The van der Waals surface area contributed by atoms with Gasteiger partial charge in [0.15, 0.2) is 11.6 Å². The Kier molecular flexibility index (Phi) is 7.39. The highest BCUT2D eigenvalue weighted by Crippen LogP contribution is 2.37. The minimum absolute atomic E-state index is 0.0664. The number of hydrogen-bond acceptors (Lipinski definition) is 2. The minimum Gasteiger partial charge on any atom is -0.490 e. The first kappa shape index (κ1) is 23.4. The summed E-state index contributed by atoms with van der Waals surface area (Å²) in [5, 5.41) is 0. The van der Waals surface area contributed by atoms with Gasteiger partial charge in [-0.15, -0.1) is 6.58 Å². The number of rotatable bonds is 7. The lowest BCUT2D eigenvalue weighted by molar-refractivity contribution is -0.00701. The van der Waals surface area contributed by atoms with E-state index in [1.165, 1.54) is 6.07 Å². The van der Waals surface area contributed by atoms with Gasteiger partial charge in [-0.2, -0.15) is 4.39 Å². The molecule has 0 N–H and O–H groups in total. The van der Waals surface area contributed by atoms with Gasteiger partial charge in [0.25, 0.3) is 0 Å². The normalized spacial score (nSPS) is 20.7. The van der Waals surface area contributed by atoms with E-state index in [2.05, 4.69) is 6.58 Å². The average Bonchev–Trinajstić information content (AvgIpc) is 2.85. The van der Waals surface area contributed by atoms with Gasteiger partial charge in [-0.05, 0) is 67.0 Å². The summed E-state index contributed by atoms with van der Waals surface area (Å²) in [6, 6.07) is 8.29. The van der Waals surface area contributed by atoms with Crippen molar-refractivity contribution in [2.24, 2.45) is 5.92 Å². The maximum absolute atomic E-state index is 14.9. The lowest BCUT2D eigenvalue weighted by atomic mass is 9.88. The van der Waals surface area contributed by atoms with E-state index in [1.807, 2.05) is 25.1 Å². The number of hydrogen-bond donors (Lipinski definition) is 0. The van der Waals surface area contributed by atoms with Crippen LogP contribution in [0.2, 0.25) is 0 Å². The molecule has 2 unspecified atom stereocenters. The largest absolute Gasteiger partial charge is 0.490 e. The first-order chi connectivity index (χ1) is 16.0. The van der Waals surface area contributed by atoms with E-state index >= 15 is 0 Å². The minimum atomic E-state index is -0.960. The van der Waals surface area contributed by atoms with Gasteiger partial charge < -0.3 is 9.47 Å². The van der Waals surface area contributed by atoms with Crippen LogP contribution >= 0.6 is 0 Å².